The first kappa shape index (κ1) is 19.6. The van der Waals surface area contributed by atoms with E-state index in [2.05, 4.69) is 12.1 Å². The van der Waals surface area contributed by atoms with Gasteiger partial charge in [-0.1, -0.05) is 42.5 Å². The second-order valence-corrected chi connectivity index (χ2v) is 8.75. The summed E-state index contributed by atoms with van der Waals surface area (Å²) >= 11 is 0. The van der Waals surface area contributed by atoms with Crippen molar-refractivity contribution in [3.8, 4) is 22.4 Å². The van der Waals surface area contributed by atoms with Crippen LogP contribution in [0.15, 0.2) is 71.7 Å². The first-order chi connectivity index (χ1) is 14.8. The number of pyridine rings is 2. The number of hydrogen-bond acceptors (Lipinski definition) is 3. The third-order valence-corrected chi connectivity index (χ3v) is 6.25. The van der Waals surface area contributed by atoms with Crippen molar-refractivity contribution in [2.24, 2.45) is 7.05 Å². The lowest BCUT2D eigenvalue weighted by Gasteiger charge is -2.41. The number of aryl methyl sites for hydroxylation is 1. The summed E-state index contributed by atoms with van der Waals surface area (Å²) in [7, 11) is 1.69. The summed E-state index contributed by atoms with van der Waals surface area (Å²) in [6.07, 6.45) is 3.20. The lowest BCUT2D eigenvalue weighted by atomic mass is 9.69. The van der Waals surface area contributed by atoms with E-state index >= 15 is 0 Å². The van der Waals surface area contributed by atoms with Gasteiger partial charge in [0.2, 0.25) is 0 Å². The van der Waals surface area contributed by atoms with Gasteiger partial charge in [-0.25, -0.2) is 9.37 Å². The van der Waals surface area contributed by atoms with Gasteiger partial charge in [-0.15, -0.1) is 0 Å². The van der Waals surface area contributed by atoms with Crippen molar-refractivity contribution in [2.75, 3.05) is 0 Å². The van der Waals surface area contributed by atoms with Crippen LogP contribution in [0.2, 0.25) is 0 Å². The van der Waals surface area contributed by atoms with Crippen molar-refractivity contribution in [1.29, 1.82) is 0 Å². The summed E-state index contributed by atoms with van der Waals surface area (Å²) in [6, 6.07) is 18.2. The van der Waals surface area contributed by atoms with Crippen molar-refractivity contribution >= 4 is 10.9 Å². The molecule has 0 bridgehead atoms. The van der Waals surface area contributed by atoms with Crippen LogP contribution in [-0.2, 0) is 7.05 Å². The predicted molar refractivity (Wildman–Crippen MR) is 120 cm³/mol. The first-order valence-electron chi connectivity index (χ1n) is 10.4. The van der Waals surface area contributed by atoms with Gasteiger partial charge in [0.25, 0.3) is 5.56 Å². The highest BCUT2D eigenvalue weighted by atomic mass is 19.1. The maximum Gasteiger partial charge on any atom is 0.259 e. The molecule has 1 aliphatic rings. The molecule has 1 aliphatic carbocycles. The van der Waals surface area contributed by atoms with Crippen molar-refractivity contribution in [2.45, 2.75) is 31.3 Å². The van der Waals surface area contributed by atoms with Crippen LogP contribution < -0.4 is 5.56 Å². The molecule has 2 heterocycles. The summed E-state index contributed by atoms with van der Waals surface area (Å²) in [5.74, 6) is -0.00588. The van der Waals surface area contributed by atoms with Gasteiger partial charge < -0.3 is 9.67 Å². The number of fused-ring (bicyclic) bond motifs is 1. The molecule has 4 aromatic rings. The Labute approximate surface area is 179 Å². The van der Waals surface area contributed by atoms with Crippen LogP contribution in [0.5, 0.6) is 0 Å². The van der Waals surface area contributed by atoms with E-state index in [1.807, 2.05) is 19.1 Å². The molecule has 0 spiro atoms. The van der Waals surface area contributed by atoms with Crippen LogP contribution in [-0.4, -0.2) is 20.3 Å². The highest BCUT2D eigenvalue weighted by Gasteiger charge is 2.38. The molecule has 156 valence electrons. The second-order valence-electron chi connectivity index (χ2n) is 8.75. The van der Waals surface area contributed by atoms with Gasteiger partial charge in [-0.2, -0.15) is 0 Å². The van der Waals surface area contributed by atoms with Gasteiger partial charge >= 0.3 is 0 Å². The summed E-state index contributed by atoms with van der Waals surface area (Å²) in [6.45, 7) is 1.86. The largest absolute Gasteiger partial charge is 0.390 e. The molecule has 5 heteroatoms. The Kier molecular flexibility index (Phi) is 4.52. The van der Waals surface area contributed by atoms with Gasteiger partial charge in [-0.05, 0) is 49.4 Å². The topological polar surface area (TPSA) is 55.1 Å². The standard InChI is InChI=1S/C26H23FN2O2/c1-26(31)14-18(15-26)16-7-9-17(10-8-16)24-20(19-5-3-4-6-22(19)27)13-21-23(28-24)11-12-29(2)25(21)30/h3-13,18,31H,14-15H2,1-2H3. The summed E-state index contributed by atoms with van der Waals surface area (Å²) in [4.78, 5) is 17.4. The lowest BCUT2D eigenvalue weighted by Crippen LogP contribution is -2.39. The van der Waals surface area contributed by atoms with E-state index in [4.69, 9.17) is 4.98 Å². The Bertz CT molecular complexity index is 1350. The van der Waals surface area contributed by atoms with E-state index in [0.717, 1.165) is 18.4 Å². The Morgan fingerprint density at radius 1 is 1.06 bits per heavy atom. The number of nitrogens with zero attached hydrogens (tertiary/aromatic N) is 2. The maximum atomic E-state index is 14.7. The minimum atomic E-state index is -0.576. The predicted octanol–water partition coefficient (Wildman–Crippen LogP) is 5.04. The Hall–Kier alpha value is -3.31. The third-order valence-electron chi connectivity index (χ3n) is 6.25. The number of benzene rings is 2. The molecule has 31 heavy (non-hydrogen) atoms. The van der Waals surface area contributed by atoms with Crippen molar-refractivity contribution in [3.05, 3.63) is 88.6 Å². The molecule has 1 fully saturated rings. The van der Waals surface area contributed by atoms with E-state index < -0.39 is 5.60 Å². The fraction of sp³-hybridized carbons (Fsp3) is 0.231. The number of hydrogen-bond donors (Lipinski definition) is 1. The van der Waals surface area contributed by atoms with Gasteiger partial charge in [0.1, 0.15) is 5.82 Å². The number of halogens is 1. The summed E-state index contributed by atoms with van der Waals surface area (Å²) in [5, 5.41) is 10.5. The minimum absolute atomic E-state index is 0.165. The molecule has 0 radical (unpaired) electrons. The van der Waals surface area contributed by atoms with E-state index in [1.54, 1.807) is 43.6 Å². The molecule has 1 N–H and O–H groups in total. The molecular formula is C26H23FN2O2. The van der Waals surface area contributed by atoms with Crippen molar-refractivity contribution in [1.82, 2.24) is 9.55 Å². The van der Waals surface area contributed by atoms with Gasteiger partial charge in [-0.3, -0.25) is 4.79 Å². The molecule has 4 nitrogen and oxygen atoms in total. The number of aliphatic hydroxyl groups is 1. The van der Waals surface area contributed by atoms with Crippen molar-refractivity contribution < 1.29 is 9.50 Å². The molecule has 0 atom stereocenters. The van der Waals surface area contributed by atoms with E-state index in [1.165, 1.54) is 16.2 Å². The summed E-state index contributed by atoms with van der Waals surface area (Å²) < 4.78 is 16.2. The molecule has 0 aliphatic heterocycles. The van der Waals surface area contributed by atoms with E-state index in [9.17, 15) is 14.3 Å². The van der Waals surface area contributed by atoms with Gasteiger partial charge in [0.05, 0.1) is 22.2 Å². The lowest BCUT2D eigenvalue weighted by molar-refractivity contribution is -0.0313. The van der Waals surface area contributed by atoms with Crippen LogP contribution in [0.3, 0.4) is 0 Å². The zero-order valence-corrected chi connectivity index (χ0v) is 17.5. The molecular weight excluding hydrogens is 391 g/mol. The normalized spacial score (nSPS) is 20.6. The number of rotatable bonds is 3. The summed E-state index contributed by atoms with van der Waals surface area (Å²) in [5.41, 5.74) is 3.52. The fourth-order valence-electron chi connectivity index (χ4n) is 4.52. The molecule has 2 aromatic heterocycles. The smallest absolute Gasteiger partial charge is 0.259 e. The average molecular weight is 414 g/mol. The zero-order chi connectivity index (χ0) is 21.8. The van der Waals surface area contributed by atoms with Gasteiger partial charge in [0, 0.05) is 29.9 Å². The monoisotopic (exact) mass is 414 g/mol. The van der Waals surface area contributed by atoms with Crippen LogP contribution in [0.1, 0.15) is 31.2 Å². The second kappa shape index (κ2) is 7.13. The molecule has 2 aromatic carbocycles. The maximum absolute atomic E-state index is 14.7. The van der Waals surface area contributed by atoms with Crippen LogP contribution in [0.25, 0.3) is 33.3 Å². The third kappa shape index (κ3) is 3.45. The molecule has 0 unspecified atom stereocenters. The Morgan fingerprint density at radius 3 is 2.45 bits per heavy atom. The van der Waals surface area contributed by atoms with Crippen LogP contribution >= 0.6 is 0 Å². The zero-order valence-electron chi connectivity index (χ0n) is 17.5. The van der Waals surface area contributed by atoms with E-state index in [0.29, 0.717) is 33.6 Å². The quantitative estimate of drug-likeness (QED) is 0.511. The fourth-order valence-corrected chi connectivity index (χ4v) is 4.52. The molecule has 0 amide bonds. The van der Waals surface area contributed by atoms with Crippen LogP contribution in [0.4, 0.5) is 4.39 Å². The van der Waals surface area contributed by atoms with Gasteiger partial charge in [0.15, 0.2) is 0 Å². The minimum Gasteiger partial charge on any atom is -0.390 e. The highest BCUT2D eigenvalue weighted by Crippen LogP contribution is 2.44. The SMILES string of the molecule is Cn1ccc2nc(-c3ccc(C4CC(C)(O)C4)cc3)c(-c3ccccc3F)cc2c1=O. The molecule has 5 rings (SSSR count). The highest BCUT2D eigenvalue weighted by molar-refractivity contribution is 5.91. The Balaban J connectivity index is 1.67. The average Bonchev–Trinajstić information content (AvgIpc) is 2.74. The van der Waals surface area contributed by atoms with Crippen molar-refractivity contribution in [3.63, 3.8) is 0 Å². The first-order valence-corrected chi connectivity index (χ1v) is 10.4. The molecule has 0 saturated heterocycles. The van der Waals surface area contributed by atoms with E-state index in [-0.39, 0.29) is 11.4 Å². The molecule has 1 saturated carbocycles. The Morgan fingerprint density at radius 2 is 1.77 bits per heavy atom. The number of aromatic nitrogens is 2. The van der Waals surface area contributed by atoms with Crippen LogP contribution in [0, 0.1) is 5.82 Å².